The monoisotopic (exact) mass is 520 g/mol. The fourth-order valence-corrected chi connectivity index (χ4v) is 6.09. The summed E-state index contributed by atoms with van der Waals surface area (Å²) >= 11 is 0.437. The first kappa shape index (κ1) is 26.2. The van der Waals surface area contributed by atoms with Gasteiger partial charge in [-0.05, 0) is 42.2 Å². The molecule has 1 saturated heterocycles. The van der Waals surface area contributed by atoms with E-state index in [1.165, 1.54) is 16.0 Å². The molecule has 2 aromatic rings. The Bertz CT molecular complexity index is 1140. The van der Waals surface area contributed by atoms with Crippen LogP contribution in [0.4, 0.5) is 13.2 Å². The highest BCUT2D eigenvalue weighted by molar-refractivity contribution is 7.11. The highest BCUT2D eigenvalue weighted by atomic mass is 32.1. The van der Waals surface area contributed by atoms with E-state index in [9.17, 15) is 22.8 Å². The number of piperazine rings is 1. The molecule has 3 atom stereocenters. The van der Waals surface area contributed by atoms with Crippen LogP contribution in [0.5, 0.6) is 0 Å². The van der Waals surface area contributed by atoms with E-state index in [4.69, 9.17) is 0 Å². The molecule has 0 spiro atoms. The lowest BCUT2D eigenvalue weighted by molar-refractivity contribution is -0.140. The van der Waals surface area contributed by atoms with Crippen molar-refractivity contribution in [2.45, 2.75) is 57.4 Å². The number of carbonyl (C=O) groups is 2. The van der Waals surface area contributed by atoms with Gasteiger partial charge in [0.15, 0.2) is 5.01 Å². The first-order chi connectivity index (χ1) is 16.9. The van der Waals surface area contributed by atoms with E-state index in [1.54, 1.807) is 19.0 Å². The maximum Gasteiger partial charge on any atom is 0.443 e. The van der Waals surface area contributed by atoms with Gasteiger partial charge in [-0.2, -0.15) is 13.2 Å². The van der Waals surface area contributed by atoms with Crippen molar-refractivity contribution in [3.63, 3.8) is 0 Å². The summed E-state index contributed by atoms with van der Waals surface area (Å²) in [6.07, 6.45) is -1.61. The largest absolute Gasteiger partial charge is 0.443 e. The fourth-order valence-electron chi connectivity index (χ4n) is 5.22. The number of nitrogens with one attached hydrogen (secondary N) is 1. The van der Waals surface area contributed by atoms with Gasteiger partial charge in [-0.3, -0.25) is 9.59 Å². The van der Waals surface area contributed by atoms with Gasteiger partial charge in [0.05, 0.1) is 10.9 Å². The Morgan fingerprint density at radius 3 is 2.36 bits per heavy atom. The Morgan fingerprint density at radius 1 is 1.25 bits per heavy atom. The van der Waals surface area contributed by atoms with Gasteiger partial charge in [0, 0.05) is 26.0 Å². The van der Waals surface area contributed by atoms with Crippen LogP contribution < -0.4 is 5.32 Å². The van der Waals surface area contributed by atoms with Gasteiger partial charge in [0.2, 0.25) is 11.8 Å². The van der Waals surface area contributed by atoms with Gasteiger partial charge in [-0.1, -0.05) is 44.7 Å². The number of hydrogen-bond acceptors (Lipinski definition) is 5. The number of aromatic nitrogens is 1. The normalized spacial score (nSPS) is 21.5. The van der Waals surface area contributed by atoms with Crippen LogP contribution in [0.15, 0.2) is 42.7 Å². The highest BCUT2D eigenvalue weighted by Crippen LogP contribution is 2.42. The number of hydrogen-bond donors (Lipinski definition) is 1. The Hall–Kier alpha value is -2.88. The zero-order chi connectivity index (χ0) is 26.4. The highest BCUT2D eigenvalue weighted by Gasteiger charge is 2.47. The summed E-state index contributed by atoms with van der Waals surface area (Å²) in [7, 11) is 3.10. The number of thiazole rings is 1. The predicted octanol–water partition coefficient (Wildman–Crippen LogP) is 4.44. The molecule has 4 rings (SSSR count). The Morgan fingerprint density at radius 2 is 1.86 bits per heavy atom. The van der Waals surface area contributed by atoms with Crippen LogP contribution in [-0.4, -0.2) is 52.8 Å². The van der Waals surface area contributed by atoms with Gasteiger partial charge >= 0.3 is 6.18 Å². The second-order valence-corrected chi connectivity index (χ2v) is 11.2. The number of nitrogens with zero attached hydrogens (tertiary/aromatic N) is 3. The van der Waals surface area contributed by atoms with E-state index >= 15 is 0 Å². The minimum absolute atomic E-state index is 0.0312. The van der Waals surface area contributed by atoms with Gasteiger partial charge < -0.3 is 15.1 Å². The average Bonchev–Trinajstić information content (AvgIpc) is 3.45. The maximum atomic E-state index is 13.5. The molecule has 36 heavy (non-hydrogen) atoms. The van der Waals surface area contributed by atoms with Gasteiger partial charge in [-0.25, -0.2) is 4.98 Å². The summed E-state index contributed by atoms with van der Waals surface area (Å²) in [5, 5.41) is 2.11. The third-order valence-corrected chi connectivity index (χ3v) is 7.96. The molecule has 194 valence electrons. The van der Waals surface area contributed by atoms with Crippen molar-refractivity contribution in [1.29, 1.82) is 0 Å². The molecule has 1 aromatic carbocycles. The quantitative estimate of drug-likeness (QED) is 0.612. The fraction of sp³-hybridized carbons (Fsp3) is 0.500. The zero-order valence-electron chi connectivity index (χ0n) is 20.8. The number of benzene rings is 1. The summed E-state index contributed by atoms with van der Waals surface area (Å²) in [4.78, 5) is 33.7. The zero-order valence-corrected chi connectivity index (χ0v) is 21.6. The molecule has 1 aromatic heterocycles. The third kappa shape index (κ3) is 5.00. The van der Waals surface area contributed by atoms with E-state index < -0.39 is 35.2 Å². The summed E-state index contributed by atoms with van der Waals surface area (Å²) in [6.45, 7) is 8.25. The van der Waals surface area contributed by atoms with Crippen LogP contribution >= 0.6 is 11.3 Å². The average molecular weight is 521 g/mol. The molecule has 0 saturated carbocycles. The molecule has 0 bridgehead atoms. The molecule has 1 N–H and O–H groups in total. The summed E-state index contributed by atoms with van der Waals surface area (Å²) in [5.41, 5.74) is 2.96. The Kier molecular flexibility index (Phi) is 7.19. The second kappa shape index (κ2) is 9.88. The summed E-state index contributed by atoms with van der Waals surface area (Å²) in [6, 6.07) is 5.76. The van der Waals surface area contributed by atoms with Crippen molar-refractivity contribution in [3.8, 4) is 0 Å². The van der Waals surface area contributed by atoms with Crippen molar-refractivity contribution < 1.29 is 22.8 Å². The minimum Gasteiger partial charge on any atom is -0.347 e. The molecular formula is C26H31F3N4O2S. The lowest BCUT2D eigenvalue weighted by atomic mass is 9.87. The number of alkyl halides is 3. The number of rotatable bonds is 6. The molecule has 2 amide bonds. The summed E-state index contributed by atoms with van der Waals surface area (Å²) < 4.78 is 40.2. The predicted molar refractivity (Wildman–Crippen MR) is 132 cm³/mol. The second-order valence-electron chi connectivity index (χ2n) is 10.2. The van der Waals surface area contributed by atoms with Crippen LogP contribution in [0, 0.1) is 11.8 Å². The molecule has 0 radical (unpaired) electrons. The number of fused-ring (bicyclic) bond motifs is 1. The molecule has 2 heterocycles. The first-order valence-electron chi connectivity index (χ1n) is 12.0. The topological polar surface area (TPSA) is 65.5 Å². The van der Waals surface area contributed by atoms with Crippen molar-refractivity contribution in [1.82, 2.24) is 20.1 Å². The molecule has 1 aliphatic carbocycles. The standard InChI is InChI=1S/C26H31F3N4O2S/c1-14(2)10-19-23(34)31-21(18-11-16-8-6-7-9-17(16)12-18)15(3)33(19)22(24(35)32(4)5)20-13-30-25(36-20)26(27,28)29/h6-9,13-14,18-19,21-22H,3,10-12H2,1-2,4-5H3,(H,31,34)/t19-,21+,22?/m1/s1. The molecule has 1 aliphatic heterocycles. The number of amides is 2. The van der Waals surface area contributed by atoms with Crippen molar-refractivity contribution >= 4 is 23.2 Å². The van der Waals surface area contributed by atoms with Crippen LogP contribution in [-0.2, 0) is 28.6 Å². The molecular weight excluding hydrogens is 489 g/mol. The van der Waals surface area contributed by atoms with Crippen molar-refractivity contribution in [2.24, 2.45) is 11.8 Å². The van der Waals surface area contributed by atoms with Crippen LogP contribution in [0.25, 0.3) is 0 Å². The molecule has 6 nitrogen and oxygen atoms in total. The van der Waals surface area contributed by atoms with Crippen LogP contribution in [0.3, 0.4) is 0 Å². The minimum atomic E-state index is -4.62. The molecule has 1 unspecified atom stereocenters. The van der Waals surface area contributed by atoms with E-state index in [-0.39, 0.29) is 22.6 Å². The van der Waals surface area contributed by atoms with E-state index in [2.05, 4.69) is 29.0 Å². The lowest BCUT2D eigenvalue weighted by Crippen LogP contribution is -2.62. The molecule has 1 fully saturated rings. The van der Waals surface area contributed by atoms with E-state index in [0.717, 1.165) is 19.0 Å². The number of halogens is 3. The summed E-state index contributed by atoms with van der Waals surface area (Å²) in [5.74, 6) is -0.533. The Labute approximate surface area is 213 Å². The first-order valence-corrected chi connectivity index (χ1v) is 12.8. The van der Waals surface area contributed by atoms with Crippen LogP contribution in [0.1, 0.15) is 47.3 Å². The molecule has 10 heteroatoms. The van der Waals surface area contributed by atoms with Crippen molar-refractivity contribution in [2.75, 3.05) is 14.1 Å². The van der Waals surface area contributed by atoms with Crippen molar-refractivity contribution in [3.05, 3.63) is 63.7 Å². The number of likely N-dealkylation sites (N-methyl/N-ethyl adjacent to an activating group) is 1. The maximum absolute atomic E-state index is 13.5. The SMILES string of the molecule is C=C1[C@@H](C2Cc3ccccc3C2)NC(=O)[C@@H](CC(C)C)N1C(C(=O)N(C)C)c1cnc(C(F)(F)F)s1. The van der Waals surface area contributed by atoms with Gasteiger partial charge in [-0.15, -0.1) is 11.3 Å². The Balaban J connectivity index is 1.76. The van der Waals surface area contributed by atoms with E-state index in [0.29, 0.717) is 23.5 Å². The lowest BCUT2D eigenvalue weighted by Gasteiger charge is -2.48. The van der Waals surface area contributed by atoms with Gasteiger partial charge in [0.1, 0.15) is 12.1 Å². The van der Waals surface area contributed by atoms with Gasteiger partial charge in [0.25, 0.3) is 0 Å². The van der Waals surface area contributed by atoms with E-state index in [1.807, 2.05) is 26.0 Å². The van der Waals surface area contributed by atoms with Crippen LogP contribution in [0.2, 0.25) is 0 Å². The number of carbonyl (C=O) groups excluding carboxylic acids is 2. The third-order valence-electron chi connectivity index (χ3n) is 6.86. The molecule has 2 aliphatic rings. The smallest absolute Gasteiger partial charge is 0.347 e.